The van der Waals surface area contributed by atoms with Gasteiger partial charge >= 0.3 is 5.97 Å². The number of carbonyl (C=O) groups excluding carboxylic acids is 1. The second-order valence-corrected chi connectivity index (χ2v) is 3.25. The molecule has 0 saturated heterocycles. The summed E-state index contributed by atoms with van der Waals surface area (Å²) in [6.45, 7) is 1.77. The van der Waals surface area contributed by atoms with Gasteiger partial charge in [0.1, 0.15) is 11.3 Å². The van der Waals surface area contributed by atoms with Gasteiger partial charge in [0.15, 0.2) is 0 Å². The maximum Gasteiger partial charge on any atom is 0.339 e. The van der Waals surface area contributed by atoms with Gasteiger partial charge in [-0.05, 0) is 17.7 Å². The van der Waals surface area contributed by atoms with Crippen molar-refractivity contribution in [2.75, 3.05) is 7.11 Å². The Kier molecular flexibility index (Phi) is 3.88. The first-order valence-corrected chi connectivity index (χ1v) is 4.69. The minimum Gasteiger partial charge on any atom is -0.496 e. The van der Waals surface area contributed by atoms with Crippen LogP contribution in [0.5, 0.6) is 5.75 Å². The highest BCUT2D eigenvalue weighted by molar-refractivity contribution is 5.91. The number of aromatic carboxylic acids is 1. The Morgan fingerprint density at radius 1 is 1.44 bits per heavy atom. The zero-order valence-corrected chi connectivity index (χ0v) is 9.11. The van der Waals surface area contributed by atoms with Crippen molar-refractivity contribution in [1.29, 1.82) is 0 Å². The Hall–Kier alpha value is -2.04. The molecule has 1 aromatic carbocycles. The molecule has 0 aliphatic carbocycles. The van der Waals surface area contributed by atoms with E-state index in [2.05, 4.69) is 5.32 Å². The summed E-state index contributed by atoms with van der Waals surface area (Å²) < 4.78 is 4.96. The Bertz CT molecular complexity index is 414. The first kappa shape index (κ1) is 12.0. The maximum atomic E-state index is 10.8. The van der Waals surface area contributed by atoms with Crippen LogP contribution in [-0.4, -0.2) is 24.1 Å². The molecule has 0 spiro atoms. The van der Waals surface area contributed by atoms with E-state index >= 15 is 0 Å². The molecular formula is C11H13NO4. The second kappa shape index (κ2) is 5.16. The van der Waals surface area contributed by atoms with Crippen LogP contribution in [0.4, 0.5) is 0 Å². The number of carboxylic acids is 1. The van der Waals surface area contributed by atoms with Crippen LogP contribution >= 0.6 is 0 Å². The van der Waals surface area contributed by atoms with Crippen molar-refractivity contribution in [2.24, 2.45) is 0 Å². The van der Waals surface area contributed by atoms with Crippen LogP contribution in [0.15, 0.2) is 18.2 Å². The SMILES string of the molecule is COc1cc(CNC(C)=O)ccc1C(=O)O. The van der Waals surface area contributed by atoms with Crippen LogP contribution in [0.3, 0.4) is 0 Å². The molecule has 0 aliphatic rings. The number of carbonyl (C=O) groups is 2. The van der Waals surface area contributed by atoms with Crippen LogP contribution in [0.25, 0.3) is 0 Å². The van der Waals surface area contributed by atoms with E-state index in [0.29, 0.717) is 6.54 Å². The third-order valence-electron chi connectivity index (χ3n) is 2.04. The van der Waals surface area contributed by atoms with E-state index in [1.54, 1.807) is 12.1 Å². The molecule has 0 atom stereocenters. The molecule has 1 aromatic rings. The first-order valence-electron chi connectivity index (χ1n) is 4.69. The molecule has 2 N–H and O–H groups in total. The third-order valence-corrected chi connectivity index (χ3v) is 2.04. The fourth-order valence-corrected chi connectivity index (χ4v) is 1.25. The number of rotatable bonds is 4. The van der Waals surface area contributed by atoms with Crippen molar-refractivity contribution >= 4 is 11.9 Å². The predicted molar refractivity (Wildman–Crippen MR) is 57.5 cm³/mol. The highest BCUT2D eigenvalue weighted by atomic mass is 16.5. The predicted octanol–water partition coefficient (Wildman–Crippen LogP) is 1.03. The summed E-state index contributed by atoms with van der Waals surface area (Å²) in [5.41, 5.74) is 0.895. The molecule has 0 fully saturated rings. The summed E-state index contributed by atoms with van der Waals surface area (Å²) in [5.74, 6) is -0.889. The summed E-state index contributed by atoms with van der Waals surface area (Å²) >= 11 is 0. The number of carboxylic acid groups (broad SMARTS) is 1. The van der Waals surface area contributed by atoms with Crippen molar-refractivity contribution in [1.82, 2.24) is 5.32 Å². The number of amides is 1. The van der Waals surface area contributed by atoms with Gasteiger partial charge in [-0.1, -0.05) is 6.07 Å². The summed E-state index contributed by atoms with van der Waals surface area (Å²) in [7, 11) is 1.41. The van der Waals surface area contributed by atoms with Gasteiger partial charge in [-0.15, -0.1) is 0 Å². The largest absolute Gasteiger partial charge is 0.496 e. The monoisotopic (exact) mass is 223 g/mol. The van der Waals surface area contributed by atoms with Crippen molar-refractivity contribution < 1.29 is 19.4 Å². The second-order valence-electron chi connectivity index (χ2n) is 3.25. The topological polar surface area (TPSA) is 75.6 Å². The van der Waals surface area contributed by atoms with E-state index in [9.17, 15) is 9.59 Å². The summed E-state index contributed by atoms with van der Waals surface area (Å²) in [5, 5.41) is 11.5. The first-order chi connectivity index (χ1) is 7.54. The normalized spacial score (nSPS) is 9.62. The Morgan fingerprint density at radius 3 is 2.62 bits per heavy atom. The molecule has 5 nitrogen and oxygen atoms in total. The van der Waals surface area contributed by atoms with Gasteiger partial charge in [0.05, 0.1) is 7.11 Å². The number of hydrogen-bond donors (Lipinski definition) is 2. The van der Waals surface area contributed by atoms with Gasteiger partial charge in [0, 0.05) is 13.5 Å². The molecule has 0 heterocycles. The number of methoxy groups -OCH3 is 1. The standard InChI is InChI=1S/C11H13NO4/c1-7(13)12-6-8-3-4-9(11(14)15)10(5-8)16-2/h3-5H,6H2,1-2H3,(H,12,13)(H,14,15). The summed E-state index contributed by atoms with van der Waals surface area (Å²) in [6, 6.07) is 4.69. The number of hydrogen-bond acceptors (Lipinski definition) is 3. The van der Waals surface area contributed by atoms with Crippen molar-refractivity contribution in [3.63, 3.8) is 0 Å². The molecule has 1 amide bonds. The summed E-state index contributed by atoms with van der Waals surface area (Å²) in [6.07, 6.45) is 0. The molecule has 16 heavy (non-hydrogen) atoms. The molecule has 1 rings (SSSR count). The van der Waals surface area contributed by atoms with E-state index in [4.69, 9.17) is 9.84 Å². The highest BCUT2D eigenvalue weighted by Gasteiger charge is 2.10. The van der Waals surface area contributed by atoms with Crippen LogP contribution in [-0.2, 0) is 11.3 Å². The molecule has 0 unspecified atom stereocenters. The lowest BCUT2D eigenvalue weighted by atomic mass is 10.1. The zero-order chi connectivity index (χ0) is 12.1. The molecule has 0 bridgehead atoms. The minimum absolute atomic E-state index is 0.106. The lowest BCUT2D eigenvalue weighted by Gasteiger charge is -2.08. The Labute approximate surface area is 93.0 Å². The molecule has 0 radical (unpaired) electrons. The van der Waals surface area contributed by atoms with E-state index < -0.39 is 5.97 Å². The van der Waals surface area contributed by atoms with Crippen LogP contribution in [0.1, 0.15) is 22.8 Å². The fraction of sp³-hybridized carbons (Fsp3) is 0.273. The van der Waals surface area contributed by atoms with E-state index in [1.807, 2.05) is 0 Å². The van der Waals surface area contributed by atoms with E-state index in [1.165, 1.54) is 20.1 Å². The summed E-state index contributed by atoms with van der Waals surface area (Å²) in [4.78, 5) is 21.5. The number of benzene rings is 1. The average molecular weight is 223 g/mol. The molecule has 86 valence electrons. The van der Waals surface area contributed by atoms with Crippen LogP contribution < -0.4 is 10.1 Å². The lowest BCUT2D eigenvalue weighted by molar-refractivity contribution is -0.119. The Balaban J connectivity index is 2.90. The van der Waals surface area contributed by atoms with Gasteiger partial charge in [-0.25, -0.2) is 4.79 Å². The number of ether oxygens (including phenoxy) is 1. The molecule has 0 aliphatic heterocycles. The van der Waals surface area contributed by atoms with Gasteiger partial charge in [-0.2, -0.15) is 0 Å². The van der Waals surface area contributed by atoms with E-state index in [0.717, 1.165) is 5.56 Å². The van der Waals surface area contributed by atoms with Crippen LogP contribution in [0.2, 0.25) is 0 Å². The molecule has 0 aromatic heterocycles. The van der Waals surface area contributed by atoms with Crippen molar-refractivity contribution in [2.45, 2.75) is 13.5 Å². The average Bonchev–Trinajstić information content (AvgIpc) is 2.25. The quantitative estimate of drug-likeness (QED) is 0.799. The van der Waals surface area contributed by atoms with Gasteiger partial charge in [0.25, 0.3) is 0 Å². The van der Waals surface area contributed by atoms with Crippen LogP contribution in [0, 0.1) is 0 Å². The fourth-order valence-electron chi connectivity index (χ4n) is 1.25. The molecular weight excluding hydrogens is 210 g/mol. The molecule has 0 saturated carbocycles. The molecule has 5 heteroatoms. The van der Waals surface area contributed by atoms with Gasteiger partial charge < -0.3 is 15.2 Å². The zero-order valence-electron chi connectivity index (χ0n) is 9.11. The van der Waals surface area contributed by atoms with Crippen molar-refractivity contribution in [3.05, 3.63) is 29.3 Å². The highest BCUT2D eigenvalue weighted by Crippen LogP contribution is 2.20. The smallest absolute Gasteiger partial charge is 0.339 e. The third kappa shape index (κ3) is 2.98. The lowest BCUT2D eigenvalue weighted by Crippen LogP contribution is -2.19. The minimum atomic E-state index is -1.04. The Morgan fingerprint density at radius 2 is 2.12 bits per heavy atom. The van der Waals surface area contributed by atoms with Crippen molar-refractivity contribution in [3.8, 4) is 5.75 Å². The van der Waals surface area contributed by atoms with Gasteiger partial charge in [-0.3, -0.25) is 4.79 Å². The van der Waals surface area contributed by atoms with Gasteiger partial charge in [0.2, 0.25) is 5.91 Å². The maximum absolute atomic E-state index is 10.8. The van der Waals surface area contributed by atoms with E-state index in [-0.39, 0.29) is 17.2 Å². The number of nitrogens with one attached hydrogen (secondary N) is 1.